The summed E-state index contributed by atoms with van der Waals surface area (Å²) in [5.41, 5.74) is 0.881. The van der Waals surface area contributed by atoms with Gasteiger partial charge >= 0.3 is 0 Å². The van der Waals surface area contributed by atoms with Gasteiger partial charge in [0, 0.05) is 19.2 Å². The highest BCUT2D eigenvalue weighted by Crippen LogP contribution is 2.37. The quantitative estimate of drug-likeness (QED) is 0.523. The number of amides is 3. The maximum absolute atomic E-state index is 13.4. The van der Waals surface area contributed by atoms with Gasteiger partial charge < -0.3 is 9.64 Å². The molecule has 29 heavy (non-hydrogen) atoms. The molecule has 0 N–H and O–H groups in total. The molecule has 0 saturated carbocycles. The lowest BCUT2D eigenvalue weighted by Gasteiger charge is -2.31. The number of ether oxygens (including phenoxy) is 1. The van der Waals surface area contributed by atoms with E-state index in [0.717, 1.165) is 5.56 Å². The second kappa shape index (κ2) is 8.80. The monoisotopic (exact) mass is 398 g/mol. The molecular formula is C23H30N2O4. The molecule has 0 radical (unpaired) electrons. The van der Waals surface area contributed by atoms with E-state index < -0.39 is 6.04 Å². The Kier molecular flexibility index (Phi) is 6.40. The molecule has 6 nitrogen and oxygen atoms in total. The first-order chi connectivity index (χ1) is 13.8. The third-order valence-corrected chi connectivity index (χ3v) is 5.81. The van der Waals surface area contributed by atoms with Crippen LogP contribution in [0.5, 0.6) is 5.75 Å². The Bertz CT molecular complexity index is 791. The summed E-state index contributed by atoms with van der Waals surface area (Å²) in [6.45, 7) is 4.35. The van der Waals surface area contributed by atoms with E-state index in [1.165, 1.54) is 4.90 Å². The van der Waals surface area contributed by atoms with Gasteiger partial charge in [0.2, 0.25) is 17.7 Å². The minimum Gasteiger partial charge on any atom is -0.496 e. The molecule has 1 saturated heterocycles. The second-order valence-corrected chi connectivity index (χ2v) is 8.35. The van der Waals surface area contributed by atoms with Gasteiger partial charge in [-0.1, -0.05) is 44.2 Å². The van der Waals surface area contributed by atoms with E-state index in [0.29, 0.717) is 31.6 Å². The van der Waals surface area contributed by atoms with Crippen LogP contribution < -0.4 is 4.74 Å². The first-order valence-corrected chi connectivity index (χ1v) is 10.2. The first kappa shape index (κ1) is 21.1. The summed E-state index contributed by atoms with van der Waals surface area (Å²) in [6, 6.07) is 6.77. The highest BCUT2D eigenvalue weighted by atomic mass is 16.5. The minimum absolute atomic E-state index is 0.171. The fourth-order valence-electron chi connectivity index (χ4n) is 4.32. The highest BCUT2D eigenvalue weighted by molar-refractivity contribution is 6.08. The molecule has 1 fully saturated rings. The molecule has 1 heterocycles. The third-order valence-electron chi connectivity index (χ3n) is 5.81. The molecule has 156 valence electrons. The van der Waals surface area contributed by atoms with Crippen LogP contribution in [0.3, 0.4) is 0 Å². The summed E-state index contributed by atoms with van der Waals surface area (Å²) in [6.07, 6.45) is 5.53. The number of methoxy groups -OCH3 is 1. The standard InChI is InChI=1S/C23H30N2O4/c1-15(2)13-19(25-21(26)17-10-6-7-11-18(17)22(25)27)23(28)24(3)14-16-9-5-8-12-20(16)29-4/h5-9,12,15,17-19H,10-11,13-14H2,1-4H3. The summed E-state index contributed by atoms with van der Waals surface area (Å²) in [7, 11) is 3.31. The lowest BCUT2D eigenvalue weighted by molar-refractivity contribution is -0.152. The molecule has 3 unspecified atom stereocenters. The van der Waals surface area contributed by atoms with Crippen LogP contribution in [0.15, 0.2) is 36.4 Å². The predicted molar refractivity (Wildman–Crippen MR) is 110 cm³/mol. The number of fused-ring (bicyclic) bond motifs is 1. The van der Waals surface area contributed by atoms with Gasteiger partial charge in [0.1, 0.15) is 11.8 Å². The van der Waals surface area contributed by atoms with Crippen LogP contribution in [-0.4, -0.2) is 47.7 Å². The van der Waals surface area contributed by atoms with Crippen molar-refractivity contribution in [2.75, 3.05) is 14.2 Å². The van der Waals surface area contributed by atoms with Gasteiger partial charge in [0.15, 0.2) is 0 Å². The van der Waals surface area contributed by atoms with Crippen molar-refractivity contribution in [2.45, 2.75) is 45.7 Å². The van der Waals surface area contributed by atoms with Gasteiger partial charge in [-0.3, -0.25) is 19.3 Å². The molecule has 3 rings (SSSR count). The molecule has 3 atom stereocenters. The molecule has 1 aromatic rings. The number of likely N-dealkylation sites (tertiary alicyclic amines) is 1. The maximum atomic E-state index is 13.4. The van der Waals surface area contributed by atoms with Crippen molar-refractivity contribution >= 4 is 17.7 Å². The van der Waals surface area contributed by atoms with Crippen molar-refractivity contribution in [3.63, 3.8) is 0 Å². The highest BCUT2D eigenvalue weighted by Gasteiger charge is 2.51. The fourth-order valence-corrected chi connectivity index (χ4v) is 4.32. The van der Waals surface area contributed by atoms with E-state index in [1.807, 2.05) is 50.3 Å². The van der Waals surface area contributed by atoms with Gasteiger partial charge in [0.25, 0.3) is 0 Å². The average molecular weight is 399 g/mol. The Morgan fingerprint density at radius 3 is 2.28 bits per heavy atom. The Morgan fingerprint density at radius 1 is 1.14 bits per heavy atom. The van der Waals surface area contributed by atoms with E-state index in [1.54, 1.807) is 19.1 Å². The zero-order chi connectivity index (χ0) is 21.1. The lowest BCUT2D eigenvalue weighted by atomic mass is 9.85. The van der Waals surface area contributed by atoms with Crippen LogP contribution in [0.25, 0.3) is 0 Å². The first-order valence-electron chi connectivity index (χ1n) is 10.2. The summed E-state index contributed by atoms with van der Waals surface area (Å²) in [5, 5.41) is 0. The number of allylic oxidation sites excluding steroid dienone is 2. The van der Waals surface area contributed by atoms with Crippen LogP contribution in [0, 0.1) is 17.8 Å². The molecule has 3 amide bonds. The van der Waals surface area contributed by atoms with Crippen LogP contribution in [0.2, 0.25) is 0 Å². The van der Waals surface area contributed by atoms with Gasteiger partial charge in [-0.15, -0.1) is 0 Å². The molecule has 0 aromatic heterocycles. The number of imide groups is 1. The second-order valence-electron chi connectivity index (χ2n) is 8.35. The molecule has 0 bridgehead atoms. The lowest BCUT2D eigenvalue weighted by Crippen LogP contribution is -2.50. The molecule has 2 aliphatic rings. The summed E-state index contributed by atoms with van der Waals surface area (Å²) >= 11 is 0. The number of para-hydroxylation sites is 1. The van der Waals surface area contributed by atoms with Crippen molar-refractivity contribution in [1.29, 1.82) is 0 Å². The van der Waals surface area contributed by atoms with Gasteiger partial charge in [-0.2, -0.15) is 0 Å². The molecule has 1 aromatic carbocycles. The number of nitrogens with zero attached hydrogens (tertiary/aromatic N) is 2. The summed E-state index contributed by atoms with van der Waals surface area (Å²) < 4.78 is 5.39. The van der Waals surface area contributed by atoms with E-state index in [-0.39, 0.29) is 35.5 Å². The molecule has 1 aliphatic carbocycles. The average Bonchev–Trinajstić information content (AvgIpc) is 2.96. The zero-order valence-electron chi connectivity index (χ0n) is 17.6. The summed E-state index contributed by atoms with van der Waals surface area (Å²) in [5.74, 6) is -0.382. The van der Waals surface area contributed by atoms with Crippen LogP contribution in [0.1, 0.15) is 38.7 Å². The number of likely N-dealkylation sites (N-methyl/N-ethyl adjacent to an activating group) is 1. The smallest absolute Gasteiger partial charge is 0.245 e. The van der Waals surface area contributed by atoms with Gasteiger partial charge in [0.05, 0.1) is 18.9 Å². The van der Waals surface area contributed by atoms with E-state index >= 15 is 0 Å². The van der Waals surface area contributed by atoms with E-state index in [2.05, 4.69) is 0 Å². The fraction of sp³-hybridized carbons (Fsp3) is 0.522. The van der Waals surface area contributed by atoms with Crippen molar-refractivity contribution in [1.82, 2.24) is 9.80 Å². The van der Waals surface area contributed by atoms with Crippen LogP contribution >= 0.6 is 0 Å². The van der Waals surface area contributed by atoms with E-state index in [9.17, 15) is 14.4 Å². The van der Waals surface area contributed by atoms with E-state index in [4.69, 9.17) is 4.74 Å². The number of hydrogen-bond acceptors (Lipinski definition) is 4. The zero-order valence-corrected chi connectivity index (χ0v) is 17.6. The van der Waals surface area contributed by atoms with Crippen molar-refractivity contribution in [3.8, 4) is 5.75 Å². The largest absolute Gasteiger partial charge is 0.496 e. The maximum Gasteiger partial charge on any atom is 0.245 e. The minimum atomic E-state index is -0.764. The van der Waals surface area contributed by atoms with Gasteiger partial charge in [-0.25, -0.2) is 0 Å². The van der Waals surface area contributed by atoms with Crippen molar-refractivity contribution in [3.05, 3.63) is 42.0 Å². The van der Waals surface area contributed by atoms with Crippen molar-refractivity contribution < 1.29 is 19.1 Å². The number of hydrogen-bond donors (Lipinski definition) is 0. The van der Waals surface area contributed by atoms with Gasteiger partial charge in [-0.05, 0) is 31.2 Å². The Balaban J connectivity index is 1.83. The normalized spacial score (nSPS) is 22.0. The number of benzene rings is 1. The Morgan fingerprint density at radius 2 is 1.72 bits per heavy atom. The van der Waals surface area contributed by atoms with Crippen molar-refractivity contribution in [2.24, 2.45) is 17.8 Å². The molecule has 1 aliphatic heterocycles. The van der Waals surface area contributed by atoms with Crippen LogP contribution in [0.4, 0.5) is 0 Å². The number of rotatable bonds is 7. The van der Waals surface area contributed by atoms with Crippen LogP contribution in [-0.2, 0) is 20.9 Å². The number of carbonyl (C=O) groups excluding carboxylic acids is 3. The third kappa shape index (κ3) is 4.21. The molecule has 0 spiro atoms. The summed E-state index contributed by atoms with van der Waals surface area (Å²) in [4.78, 5) is 42.3. The Labute approximate surface area is 172 Å². The topological polar surface area (TPSA) is 66.9 Å². The SMILES string of the molecule is COc1ccccc1CN(C)C(=O)C(CC(C)C)N1C(=O)C2CC=CCC2C1=O. The predicted octanol–water partition coefficient (Wildman–Crippen LogP) is 3.02. The molecular weight excluding hydrogens is 368 g/mol. The molecule has 6 heteroatoms. The Hall–Kier alpha value is -2.63. The number of carbonyl (C=O) groups is 3.